The first-order valence-electron chi connectivity index (χ1n) is 7.69. The number of fused-ring (bicyclic) bond motifs is 1. The Bertz CT molecular complexity index is 897. The molecule has 3 aromatic rings. The molecule has 0 spiro atoms. The molecule has 1 aliphatic rings. The number of aromatic nitrogens is 3. The van der Waals surface area contributed by atoms with Crippen molar-refractivity contribution in [1.29, 1.82) is 0 Å². The lowest BCUT2D eigenvalue weighted by Gasteiger charge is -2.34. The Morgan fingerprint density at radius 3 is 2.75 bits per heavy atom. The van der Waals surface area contributed by atoms with E-state index in [9.17, 15) is 4.79 Å². The van der Waals surface area contributed by atoms with Gasteiger partial charge < -0.3 is 14.4 Å². The van der Waals surface area contributed by atoms with Gasteiger partial charge in [-0.3, -0.25) is 4.79 Å². The number of nitrogens with zero attached hydrogens (tertiary/aromatic N) is 5. The SMILES string of the molecule is Cn1ccnc1C(=O)N1CCN(c2nc3ccc(Br)cc3s2)CC1. The molecule has 3 heterocycles. The van der Waals surface area contributed by atoms with Gasteiger partial charge in [-0.25, -0.2) is 9.97 Å². The average molecular weight is 406 g/mol. The summed E-state index contributed by atoms with van der Waals surface area (Å²) >= 11 is 5.19. The van der Waals surface area contributed by atoms with Gasteiger partial charge in [0.25, 0.3) is 5.91 Å². The summed E-state index contributed by atoms with van der Waals surface area (Å²) in [5, 5.41) is 1.02. The van der Waals surface area contributed by atoms with Gasteiger partial charge in [0.2, 0.25) is 0 Å². The zero-order valence-electron chi connectivity index (χ0n) is 13.1. The number of aryl methyl sites for hydroxylation is 1. The van der Waals surface area contributed by atoms with Crippen LogP contribution in [-0.4, -0.2) is 51.5 Å². The lowest BCUT2D eigenvalue weighted by atomic mass is 10.3. The van der Waals surface area contributed by atoms with Crippen LogP contribution in [0.3, 0.4) is 0 Å². The van der Waals surface area contributed by atoms with Gasteiger partial charge in [0.05, 0.1) is 10.2 Å². The highest BCUT2D eigenvalue weighted by atomic mass is 79.9. The van der Waals surface area contributed by atoms with Gasteiger partial charge in [-0.2, -0.15) is 0 Å². The first-order valence-corrected chi connectivity index (χ1v) is 9.30. The molecule has 6 nitrogen and oxygen atoms in total. The number of carbonyl (C=O) groups is 1. The molecule has 1 amide bonds. The standard InChI is InChI=1S/C16H16BrN5OS/c1-20-5-4-18-14(20)15(23)21-6-8-22(9-7-21)16-19-12-3-2-11(17)10-13(12)24-16/h2-5,10H,6-9H2,1H3. The van der Waals surface area contributed by atoms with Gasteiger partial charge in [-0.05, 0) is 18.2 Å². The Kier molecular flexibility index (Phi) is 4.01. The number of halogens is 1. The van der Waals surface area contributed by atoms with Crippen molar-refractivity contribution in [1.82, 2.24) is 19.4 Å². The Labute approximate surface area is 151 Å². The van der Waals surface area contributed by atoms with E-state index >= 15 is 0 Å². The lowest BCUT2D eigenvalue weighted by Crippen LogP contribution is -2.49. The molecule has 0 aliphatic carbocycles. The van der Waals surface area contributed by atoms with E-state index in [0.29, 0.717) is 18.9 Å². The molecule has 0 unspecified atom stereocenters. The molecule has 2 aromatic heterocycles. The molecule has 0 atom stereocenters. The highest BCUT2D eigenvalue weighted by molar-refractivity contribution is 9.10. The minimum Gasteiger partial charge on any atom is -0.345 e. The smallest absolute Gasteiger partial charge is 0.289 e. The fraction of sp³-hybridized carbons (Fsp3) is 0.312. The van der Waals surface area contributed by atoms with Gasteiger partial charge >= 0.3 is 0 Å². The van der Waals surface area contributed by atoms with Crippen LogP contribution in [0, 0.1) is 0 Å². The van der Waals surface area contributed by atoms with Crippen LogP contribution in [0.25, 0.3) is 10.2 Å². The monoisotopic (exact) mass is 405 g/mol. The number of imidazole rings is 1. The van der Waals surface area contributed by atoms with Gasteiger partial charge in [-0.1, -0.05) is 27.3 Å². The molecule has 1 fully saturated rings. The van der Waals surface area contributed by atoms with Crippen LogP contribution in [0.1, 0.15) is 10.6 Å². The Morgan fingerprint density at radius 2 is 2.04 bits per heavy atom. The Hall–Kier alpha value is -1.93. The molecule has 0 bridgehead atoms. The quantitative estimate of drug-likeness (QED) is 0.657. The minimum atomic E-state index is -0.00428. The number of carbonyl (C=O) groups excluding carboxylic acids is 1. The second-order valence-corrected chi connectivity index (χ2v) is 7.67. The summed E-state index contributed by atoms with van der Waals surface area (Å²) in [7, 11) is 1.84. The van der Waals surface area contributed by atoms with E-state index in [1.165, 1.54) is 4.70 Å². The molecular formula is C16H16BrN5OS. The van der Waals surface area contributed by atoms with E-state index in [-0.39, 0.29) is 5.91 Å². The zero-order valence-corrected chi connectivity index (χ0v) is 15.5. The molecule has 24 heavy (non-hydrogen) atoms. The Balaban J connectivity index is 1.47. The second kappa shape index (κ2) is 6.18. The molecule has 1 aromatic carbocycles. The molecular weight excluding hydrogens is 390 g/mol. The van der Waals surface area contributed by atoms with E-state index in [1.54, 1.807) is 28.3 Å². The van der Waals surface area contributed by atoms with Crippen LogP contribution >= 0.6 is 27.3 Å². The summed E-state index contributed by atoms with van der Waals surface area (Å²) in [4.78, 5) is 25.5. The van der Waals surface area contributed by atoms with Gasteiger partial charge in [0.1, 0.15) is 0 Å². The van der Waals surface area contributed by atoms with Crippen LogP contribution in [0.2, 0.25) is 0 Å². The van der Waals surface area contributed by atoms with Crippen molar-refractivity contribution in [2.45, 2.75) is 0 Å². The zero-order chi connectivity index (χ0) is 16.7. The number of hydrogen-bond donors (Lipinski definition) is 0. The van der Waals surface area contributed by atoms with Crippen molar-refractivity contribution >= 4 is 48.5 Å². The number of amides is 1. The number of piperazine rings is 1. The van der Waals surface area contributed by atoms with E-state index < -0.39 is 0 Å². The second-order valence-electron chi connectivity index (χ2n) is 5.75. The molecule has 0 N–H and O–H groups in total. The number of rotatable bonds is 2. The van der Waals surface area contributed by atoms with Crippen LogP contribution in [0.4, 0.5) is 5.13 Å². The number of hydrogen-bond acceptors (Lipinski definition) is 5. The van der Waals surface area contributed by atoms with E-state index in [4.69, 9.17) is 4.98 Å². The molecule has 1 aliphatic heterocycles. The topological polar surface area (TPSA) is 54.3 Å². The van der Waals surface area contributed by atoms with Crippen LogP contribution in [-0.2, 0) is 7.05 Å². The average Bonchev–Trinajstić information content (AvgIpc) is 3.20. The summed E-state index contributed by atoms with van der Waals surface area (Å²) in [6.45, 7) is 2.95. The number of benzene rings is 1. The minimum absolute atomic E-state index is 0.00428. The van der Waals surface area contributed by atoms with E-state index in [2.05, 4.69) is 31.9 Å². The third-order valence-corrected chi connectivity index (χ3v) is 5.76. The van der Waals surface area contributed by atoms with Crippen molar-refractivity contribution in [2.75, 3.05) is 31.1 Å². The maximum absolute atomic E-state index is 12.5. The van der Waals surface area contributed by atoms with E-state index in [0.717, 1.165) is 28.2 Å². The number of anilines is 1. The summed E-state index contributed by atoms with van der Waals surface area (Å²) < 4.78 is 4.00. The van der Waals surface area contributed by atoms with E-state index in [1.807, 2.05) is 24.1 Å². The van der Waals surface area contributed by atoms with Crippen LogP contribution in [0.15, 0.2) is 35.1 Å². The molecule has 124 valence electrons. The van der Waals surface area contributed by atoms with Crippen molar-refractivity contribution in [2.24, 2.45) is 7.05 Å². The van der Waals surface area contributed by atoms with Crippen molar-refractivity contribution in [3.63, 3.8) is 0 Å². The van der Waals surface area contributed by atoms with Crippen molar-refractivity contribution in [3.8, 4) is 0 Å². The maximum Gasteiger partial charge on any atom is 0.289 e. The van der Waals surface area contributed by atoms with Crippen molar-refractivity contribution in [3.05, 3.63) is 40.9 Å². The largest absolute Gasteiger partial charge is 0.345 e. The van der Waals surface area contributed by atoms with Gasteiger partial charge in [-0.15, -0.1) is 0 Å². The molecule has 0 saturated carbocycles. The maximum atomic E-state index is 12.5. The summed E-state index contributed by atoms with van der Waals surface area (Å²) in [5.74, 6) is 0.490. The first kappa shape index (κ1) is 15.6. The molecule has 0 radical (unpaired) electrons. The van der Waals surface area contributed by atoms with Gasteiger partial charge in [0, 0.05) is 50.1 Å². The van der Waals surface area contributed by atoms with Gasteiger partial charge in [0.15, 0.2) is 11.0 Å². The molecule has 1 saturated heterocycles. The fourth-order valence-electron chi connectivity index (χ4n) is 2.84. The first-order chi connectivity index (χ1) is 11.6. The predicted octanol–water partition coefficient (Wildman–Crippen LogP) is 2.75. The summed E-state index contributed by atoms with van der Waals surface area (Å²) in [5.41, 5.74) is 1.02. The summed E-state index contributed by atoms with van der Waals surface area (Å²) in [6, 6.07) is 6.13. The number of thiazole rings is 1. The summed E-state index contributed by atoms with van der Waals surface area (Å²) in [6.07, 6.45) is 3.45. The normalized spacial score (nSPS) is 15.2. The fourth-order valence-corrected chi connectivity index (χ4v) is 4.40. The highest BCUT2D eigenvalue weighted by Crippen LogP contribution is 2.31. The molecule has 8 heteroatoms. The van der Waals surface area contributed by atoms with Crippen molar-refractivity contribution < 1.29 is 4.79 Å². The Morgan fingerprint density at radius 1 is 1.25 bits per heavy atom. The highest BCUT2D eigenvalue weighted by Gasteiger charge is 2.25. The third kappa shape index (κ3) is 2.80. The molecule has 4 rings (SSSR count). The van der Waals surface area contributed by atoms with Crippen LogP contribution < -0.4 is 4.90 Å². The van der Waals surface area contributed by atoms with Crippen LogP contribution in [0.5, 0.6) is 0 Å². The third-order valence-electron chi connectivity index (χ3n) is 4.19. The lowest BCUT2D eigenvalue weighted by molar-refractivity contribution is 0.0731. The predicted molar refractivity (Wildman–Crippen MR) is 98.6 cm³/mol.